The van der Waals surface area contributed by atoms with E-state index in [1.54, 1.807) is 12.1 Å². The number of amides is 2. The molecule has 0 radical (unpaired) electrons. The summed E-state index contributed by atoms with van der Waals surface area (Å²) < 4.78 is 0. The molecular weight excluding hydrogens is 374 g/mol. The van der Waals surface area contributed by atoms with Gasteiger partial charge in [-0.3, -0.25) is 14.5 Å². The third-order valence-corrected chi connectivity index (χ3v) is 6.78. The summed E-state index contributed by atoms with van der Waals surface area (Å²) in [6.07, 6.45) is 2.77. The summed E-state index contributed by atoms with van der Waals surface area (Å²) in [5.41, 5.74) is 2.46. The van der Waals surface area contributed by atoms with E-state index in [-0.39, 0.29) is 17.9 Å². The molecule has 2 N–H and O–H groups in total. The molecule has 3 heterocycles. The van der Waals surface area contributed by atoms with E-state index in [4.69, 9.17) is 11.6 Å². The lowest BCUT2D eigenvalue weighted by atomic mass is 9.78. The standard InChI is InChI=1S/C22H22ClN3O2/c1-13-8-9-14(23)11-19(13)24-20(27)17-12-15-5-4-10-26(15)22(17)16-6-2-3-7-18(16)25-21(22)28/h2-3,6-9,11,15,17H,4-5,10,12H2,1H3,(H,24,27)(H,25,28)/t15-,17-,22-/m1/s1. The second-order valence-corrected chi connectivity index (χ2v) is 8.43. The maximum Gasteiger partial charge on any atom is 0.250 e. The second kappa shape index (κ2) is 6.33. The van der Waals surface area contributed by atoms with Gasteiger partial charge in [-0.2, -0.15) is 0 Å². The van der Waals surface area contributed by atoms with Crippen molar-refractivity contribution in [3.63, 3.8) is 0 Å². The van der Waals surface area contributed by atoms with Gasteiger partial charge in [0.15, 0.2) is 0 Å². The molecule has 5 rings (SSSR count). The molecule has 144 valence electrons. The van der Waals surface area contributed by atoms with E-state index in [9.17, 15) is 9.59 Å². The maximum atomic E-state index is 13.5. The Kier molecular flexibility index (Phi) is 4.00. The molecule has 2 aromatic rings. The van der Waals surface area contributed by atoms with Gasteiger partial charge in [-0.05, 0) is 56.5 Å². The number of anilines is 2. The predicted molar refractivity (Wildman–Crippen MR) is 109 cm³/mol. The third-order valence-electron chi connectivity index (χ3n) is 6.55. The molecule has 6 heteroatoms. The van der Waals surface area contributed by atoms with E-state index in [1.807, 2.05) is 37.3 Å². The molecule has 28 heavy (non-hydrogen) atoms. The van der Waals surface area contributed by atoms with Crippen molar-refractivity contribution in [3.05, 3.63) is 58.6 Å². The molecule has 0 saturated carbocycles. The van der Waals surface area contributed by atoms with Crippen molar-refractivity contribution in [2.75, 3.05) is 17.2 Å². The number of benzene rings is 2. The minimum absolute atomic E-state index is 0.0823. The van der Waals surface area contributed by atoms with Gasteiger partial charge in [0.05, 0.1) is 5.92 Å². The van der Waals surface area contributed by atoms with Crippen LogP contribution in [-0.4, -0.2) is 29.3 Å². The van der Waals surface area contributed by atoms with Crippen LogP contribution in [0.4, 0.5) is 11.4 Å². The second-order valence-electron chi connectivity index (χ2n) is 7.99. The molecule has 2 aromatic carbocycles. The highest BCUT2D eigenvalue weighted by Crippen LogP contribution is 2.55. The molecular formula is C22H22ClN3O2. The molecule has 2 saturated heterocycles. The Balaban J connectivity index is 1.58. The normalized spacial score (nSPS) is 28.3. The van der Waals surface area contributed by atoms with E-state index in [0.29, 0.717) is 17.1 Å². The van der Waals surface area contributed by atoms with Gasteiger partial charge in [0.2, 0.25) is 11.8 Å². The minimum atomic E-state index is -0.922. The smallest absolute Gasteiger partial charge is 0.250 e. The minimum Gasteiger partial charge on any atom is -0.325 e. The summed E-state index contributed by atoms with van der Waals surface area (Å²) in [5.74, 6) is -0.646. The lowest BCUT2D eigenvalue weighted by Crippen LogP contribution is -2.53. The summed E-state index contributed by atoms with van der Waals surface area (Å²) >= 11 is 6.12. The molecule has 0 bridgehead atoms. The van der Waals surface area contributed by atoms with E-state index < -0.39 is 11.5 Å². The van der Waals surface area contributed by atoms with Crippen LogP contribution in [0.1, 0.15) is 30.4 Å². The topological polar surface area (TPSA) is 61.4 Å². The van der Waals surface area contributed by atoms with E-state index >= 15 is 0 Å². The lowest BCUT2D eigenvalue weighted by Gasteiger charge is -2.36. The molecule has 2 fully saturated rings. The average molecular weight is 396 g/mol. The van der Waals surface area contributed by atoms with Crippen molar-refractivity contribution in [1.29, 1.82) is 0 Å². The number of hydrogen-bond donors (Lipinski definition) is 2. The van der Waals surface area contributed by atoms with Crippen LogP contribution in [0, 0.1) is 12.8 Å². The van der Waals surface area contributed by atoms with Crippen molar-refractivity contribution in [1.82, 2.24) is 4.90 Å². The zero-order valence-corrected chi connectivity index (χ0v) is 16.4. The number of halogens is 1. The van der Waals surface area contributed by atoms with E-state index in [0.717, 1.165) is 36.2 Å². The summed E-state index contributed by atoms with van der Waals surface area (Å²) in [6, 6.07) is 13.5. The fourth-order valence-electron chi connectivity index (χ4n) is 5.33. The van der Waals surface area contributed by atoms with Gasteiger partial charge in [-0.15, -0.1) is 0 Å². The van der Waals surface area contributed by atoms with Gasteiger partial charge in [-0.1, -0.05) is 35.9 Å². The number of nitrogens with zero attached hydrogens (tertiary/aromatic N) is 1. The zero-order chi connectivity index (χ0) is 19.5. The highest BCUT2D eigenvalue weighted by atomic mass is 35.5. The predicted octanol–water partition coefficient (Wildman–Crippen LogP) is 3.92. The Hall–Kier alpha value is -2.37. The molecule has 2 amide bonds. The van der Waals surface area contributed by atoms with Crippen LogP contribution in [0.5, 0.6) is 0 Å². The number of fused-ring (bicyclic) bond motifs is 4. The Labute approximate surface area is 169 Å². The van der Waals surface area contributed by atoms with Crippen LogP contribution in [0.15, 0.2) is 42.5 Å². The van der Waals surface area contributed by atoms with E-state index in [2.05, 4.69) is 15.5 Å². The maximum absolute atomic E-state index is 13.5. The Bertz CT molecular complexity index is 991. The lowest BCUT2D eigenvalue weighted by molar-refractivity contribution is -0.135. The van der Waals surface area contributed by atoms with Gasteiger partial charge >= 0.3 is 0 Å². The summed E-state index contributed by atoms with van der Waals surface area (Å²) in [4.78, 5) is 29.1. The van der Waals surface area contributed by atoms with Gasteiger partial charge < -0.3 is 10.6 Å². The van der Waals surface area contributed by atoms with Crippen molar-refractivity contribution >= 4 is 34.8 Å². The molecule has 3 atom stereocenters. The van der Waals surface area contributed by atoms with Gasteiger partial charge in [0.25, 0.3) is 0 Å². The first-order valence-electron chi connectivity index (χ1n) is 9.76. The monoisotopic (exact) mass is 395 g/mol. The van der Waals surface area contributed by atoms with Crippen LogP contribution >= 0.6 is 11.6 Å². The van der Waals surface area contributed by atoms with Gasteiger partial charge in [0, 0.05) is 28.0 Å². The van der Waals surface area contributed by atoms with Crippen molar-refractivity contribution in [3.8, 4) is 0 Å². The Morgan fingerprint density at radius 3 is 2.96 bits per heavy atom. The van der Waals surface area contributed by atoms with Gasteiger partial charge in [-0.25, -0.2) is 0 Å². The number of carbonyl (C=O) groups is 2. The third kappa shape index (κ3) is 2.36. The number of aryl methyl sites for hydroxylation is 1. The molecule has 5 nitrogen and oxygen atoms in total. The quantitative estimate of drug-likeness (QED) is 0.810. The Morgan fingerprint density at radius 2 is 2.11 bits per heavy atom. The van der Waals surface area contributed by atoms with Crippen LogP contribution in [0.25, 0.3) is 0 Å². The van der Waals surface area contributed by atoms with E-state index in [1.165, 1.54) is 0 Å². The molecule has 3 aliphatic rings. The van der Waals surface area contributed by atoms with Crippen molar-refractivity contribution in [2.45, 2.75) is 37.8 Å². The summed E-state index contributed by atoms with van der Waals surface area (Å²) in [5, 5.41) is 6.66. The van der Waals surface area contributed by atoms with Gasteiger partial charge in [0.1, 0.15) is 5.54 Å². The van der Waals surface area contributed by atoms with Crippen LogP contribution in [-0.2, 0) is 15.1 Å². The first-order chi connectivity index (χ1) is 13.5. The van der Waals surface area contributed by atoms with Crippen molar-refractivity contribution in [2.24, 2.45) is 5.92 Å². The fourth-order valence-corrected chi connectivity index (χ4v) is 5.50. The fraction of sp³-hybridized carbons (Fsp3) is 0.364. The molecule has 1 spiro atoms. The number of carbonyl (C=O) groups excluding carboxylic acids is 2. The zero-order valence-electron chi connectivity index (χ0n) is 15.7. The number of hydrogen-bond acceptors (Lipinski definition) is 3. The average Bonchev–Trinajstić information content (AvgIpc) is 3.33. The highest BCUT2D eigenvalue weighted by molar-refractivity contribution is 6.31. The summed E-state index contributed by atoms with van der Waals surface area (Å²) in [6.45, 7) is 2.78. The number of rotatable bonds is 2. The Morgan fingerprint density at radius 1 is 1.29 bits per heavy atom. The first-order valence-corrected chi connectivity index (χ1v) is 10.1. The molecule has 0 aliphatic carbocycles. The van der Waals surface area contributed by atoms with Crippen LogP contribution < -0.4 is 10.6 Å². The van der Waals surface area contributed by atoms with Crippen molar-refractivity contribution < 1.29 is 9.59 Å². The highest BCUT2D eigenvalue weighted by Gasteiger charge is 2.65. The first kappa shape index (κ1) is 17.7. The number of para-hydroxylation sites is 1. The molecule has 0 aromatic heterocycles. The number of nitrogens with one attached hydrogen (secondary N) is 2. The molecule has 0 unspecified atom stereocenters. The van der Waals surface area contributed by atoms with Crippen LogP contribution in [0.3, 0.4) is 0 Å². The largest absolute Gasteiger partial charge is 0.325 e. The molecule has 3 aliphatic heterocycles. The SMILES string of the molecule is Cc1ccc(Cl)cc1NC(=O)[C@H]1C[C@H]2CCCN2[C@@]12C(=O)Nc1ccccc12. The van der Waals surface area contributed by atoms with Crippen LogP contribution in [0.2, 0.25) is 5.02 Å². The summed E-state index contributed by atoms with van der Waals surface area (Å²) in [7, 11) is 0.